The SMILES string of the molecule is O=C(O)c1ccc(=O)n([C@H]2CCC[C@@H](c3ccccc3)C2)c1. The van der Waals surface area contributed by atoms with E-state index in [2.05, 4.69) is 12.1 Å². The van der Waals surface area contributed by atoms with Gasteiger partial charge in [-0.05, 0) is 36.8 Å². The smallest absolute Gasteiger partial charge is 0.337 e. The van der Waals surface area contributed by atoms with Gasteiger partial charge in [0.25, 0.3) is 5.56 Å². The molecule has 1 aromatic carbocycles. The first-order valence-electron chi connectivity index (χ1n) is 7.65. The zero-order valence-corrected chi connectivity index (χ0v) is 12.3. The molecular formula is C18H19NO3. The van der Waals surface area contributed by atoms with E-state index in [-0.39, 0.29) is 17.2 Å². The minimum absolute atomic E-state index is 0.0748. The number of aromatic nitrogens is 1. The average Bonchev–Trinajstić information content (AvgIpc) is 2.56. The normalized spacial score (nSPS) is 21.5. The Kier molecular flexibility index (Phi) is 4.09. The quantitative estimate of drug-likeness (QED) is 0.944. The van der Waals surface area contributed by atoms with Gasteiger partial charge in [0.1, 0.15) is 0 Å². The van der Waals surface area contributed by atoms with Crippen molar-refractivity contribution in [2.24, 2.45) is 0 Å². The highest BCUT2D eigenvalue weighted by Gasteiger charge is 2.25. The number of hydrogen-bond donors (Lipinski definition) is 1. The van der Waals surface area contributed by atoms with Crippen LogP contribution in [0.2, 0.25) is 0 Å². The van der Waals surface area contributed by atoms with Gasteiger partial charge in [-0.1, -0.05) is 36.8 Å². The number of aromatic carboxylic acids is 1. The van der Waals surface area contributed by atoms with E-state index in [9.17, 15) is 9.59 Å². The fourth-order valence-corrected chi connectivity index (χ4v) is 3.36. The van der Waals surface area contributed by atoms with Gasteiger partial charge in [0.2, 0.25) is 0 Å². The van der Waals surface area contributed by atoms with Crippen LogP contribution in [0.25, 0.3) is 0 Å². The summed E-state index contributed by atoms with van der Waals surface area (Å²) in [6.07, 6.45) is 5.46. The Hall–Kier alpha value is -2.36. The number of benzene rings is 1. The van der Waals surface area contributed by atoms with Crippen LogP contribution in [0.15, 0.2) is 53.5 Å². The minimum Gasteiger partial charge on any atom is -0.478 e. The number of carbonyl (C=O) groups is 1. The van der Waals surface area contributed by atoms with Gasteiger partial charge in [-0.2, -0.15) is 0 Å². The number of rotatable bonds is 3. The molecular weight excluding hydrogens is 278 g/mol. The highest BCUT2D eigenvalue weighted by Crippen LogP contribution is 2.38. The van der Waals surface area contributed by atoms with E-state index in [0.717, 1.165) is 25.7 Å². The molecule has 1 fully saturated rings. The van der Waals surface area contributed by atoms with E-state index in [4.69, 9.17) is 5.11 Å². The molecule has 4 heteroatoms. The van der Waals surface area contributed by atoms with Crippen LogP contribution in [0, 0.1) is 0 Å². The van der Waals surface area contributed by atoms with Crippen LogP contribution >= 0.6 is 0 Å². The predicted octanol–water partition coefficient (Wildman–Crippen LogP) is 3.45. The lowest BCUT2D eigenvalue weighted by Crippen LogP contribution is -2.28. The van der Waals surface area contributed by atoms with Crippen molar-refractivity contribution in [3.8, 4) is 0 Å². The standard InChI is InChI=1S/C18H19NO3/c20-17-10-9-15(18(21)22)12-19(17)16-8-4-7-14(11-16)13-5-2-1-3-6-13/h1-3,5-6,9-10,12,14,16H,4,7-8,11H2,(H,21,22)/t14-,16+/m1/s1. The lowest BCUT2D eigenvalue weighted by Gasteiger charge is -2.31. The molecule has 1 aromatic heterocycles. The molecule has 1 aliphatic carbocycles. The van der Waals surface area contributed by atoms with Crippen LogP contribution in [0.5, 0.6) is 0 Å². The van der Waals surface area contributed by atoms with Crippen molar-refractivity contribution < 1.29 is 9.90 Å². The van der Waals surface area contributed by atoms with Crippen molar-refractivity contribution in [1.82, 2.24) is 4.57 Å². The van der Waals surface area contributed by atoms with Gasteiger partial charge < -0.3 is 9.67 Å². The Morgan fingerprint density at radius 2 is 1.86 bits per heavy atom. The molecule has 1 aliphatic rings. The fourth-order valence-electron chi connectivity index (χ4n) is 3.36. The van der Waals surface area contributed by atoms with Crippen LogP contribution < -0.4 is 5.56 Å². The van der Waals surface area contributed by atoms with E-state index < -0.39 is 5.97 Å². The molecule has 0 amide bonds. The van der Waals surface area contributed by atoms with Gasteiger partial charge in [0.15, 0.2) is 0 Å². The van der Waals surface area contributed by atoms with Gasteiger partial charge in [-0.25, -0.2) is 4.79 Å². The Labute approximate surface area is 129 Å². The number of pyridine rings is 1. The van der Waals surface area contributed by atoms with Gasteiger partial charge in [-0.3, -0.25) is 4.79 Å². The van der Waals surface area contributed by atoms with Crippen molar-refractivity contribution in [3.63, 3.8) is 0 Å². The topological polar surface area (TPSA) is 59.3 Å². The summed E-state index contributed by atoms with van der Waals surface area (Å²) in [6.45, 7) is 0. The Morgan fingerprint density at radius 3 is 2.59 bits per heavy atom. The van der Waals surface area contributed by atoms with E-state index in [0.29, 0.717) is 5.92 Å². The molecule has 22 heavy (non-hydrogen) atoms. The van der Waals surface area contributed by atoms with Crippen molar-refractivity contribution in [3.05, 3.63) is 70.1 Å². The number of carboxylic acids is 1. The summed E-state index contributed by atoms with van der Waals surface area (Å²) in [4.78, 5) is 23.2. The largest absolute Gasteiger partial charge is 0.478 e. The van der Waals surface area contributed by atoms with Crippen LogP contribution in [0.4, 0.5) is 0 Å². The Bertz CT molecular complexity index is 721. The summed E-state index contributed by atoms with van der Waals surface area (Å²) in [5.41, 5.74) is 1.35. The molecule has 0 aliphatic heterocycles. The van der Waals surface area contributed by atoms with Crippen molar-refractivity contribution >= 4 is 5.97 Å². The van der Waals surface area contributed by atoms with E-state index in [1.807, 2.05) is 18.2 Å². The zero-order valence-electron chi connectivity index (χ0n) is 12.3. The van der Waals surface area contributed by atoms with Crippen LogP contribution in [-0.2, 0) is 0 Å². The Balaban J connectivity index is 1.87. The molecule has 0 spiro atoms. The van der Waals surface area contributed by atoms with Gasteiger partial charge >= 0.3 is 5.97 Å². The van der Waals surface area contributed by atoms with Crippen molar-refractivity contribution in [2.45, 2.75) is 37.6 Å². The molecule has 0 radical (unpaired) electrons. The molecule has 3 rings (SSSR count). The third kappa shape index (κ3) is 2.96. The minimum atomic E-state index is -0.996. The van der Waals surface area contributed by atoms with Crippen LogP contribution in [0.1, 0.15) is 53.6 Å². The van der Waals surface area contributed by atoms with Crippen LogP contribution in [-0.4, -0.2) is 15.6 Å². The summed E-state index contributed by atoms with van der Waals surface area (Å²) in [5.74, 6) is -0.565. The van der Waals surface area contributed by atoms with Crippen LogP contribution in [0.3, 0.4) is 0 Å². The fraction of sp³-hybridized carbons (Fsp3) is 0.333. The summed E-state index contributed by atoms with van der Waals surface area (Å²) in [5, 5.41) is 9.11. The second-order valence-electron chi connectivity index (χ2n) is 5.90. The maximum Gasteiger partial charge on any atom is 0.337 e. The monoisotopic (exact) mass is 297 g/mol. The second-order valence-corrected chi connectivity index (χ2v) is 5.90. The molecule has 2 atom stereocenters. The zero-order chi connectivity index (χ0) is 15.5. The molecule has 4 nitrogen and oxygen atoms in total. The Morgan fingerprint density at radius 1 is 1.09 bits per heavy atom. The van der Waals surface area contributed by atoms with Gasteiger partial charge in [0.05, 0.1) is 5.56 Å². The van der Waals surface area contributed by atoms with Crippen molar-refractivity contribution in [1.29, 1.82) is 0 Å². The molecule has 1 N–H and O–H groups in total. The summed E-state index contributed by atoms with van der Waals surface area (Å²) >= 11 is 0. The second kappa shape index (κ2) is 6.18. The summed E-state index contributed by atoms with van der Waals surface area (Å²) in [6, 6.07) is 13.1. The summed E-state index contributed by atoms with van der Waals surface area (Å²) < 4.78 is 1.61. The first kappa shape index (κ1) is 14.6. The predicted molar refractivity (Wildman–Crippen MR) is 84.3 cm³/mol. The summed E-state index contributed by atoms with van der Waals surface area (Å²) in [7, 11) is 0. The van der Waals surface area contributed by atoms with E-state index >= 15 is 0 Å². The molecule has 2 aromatic rings. The lowest BCUT2D eigenvalue weighted by molar-refractivity contribution is 0.0695. The van der Waals surface area contributed by atoms with Gasteiger partial charge in [-0.15, -0.1) is 0 Å². The number of carboxylic acid groups (broad SMARTS) is 1. The first-order chi connectivity index (χ1) is 10.6. The maximum absolute atomic E-state index is 12.1. The highest BCUT2D eigenvalue weighted by molar-refractivity contribution is 5.87. The molecule has 0 saturated heterocycles. The third-order valence-electron chi connectivity index (χ3n) is 4.50. The third-order valence-corrected chi connectivity index (χ3v) is 4.50. The highest BCUT2D eigenvalue weighted by atomic mass is 16.4. The number of hydrogen-bond acceptors (Lipinski definition) is 2. The number of nitrogens with zero attached hydrogens (tertiary/aromatic N) is 1. The molecule has 0 unspecified atom stereocenters. The maximum atomic E-state index is 12.1. The van der Waals surface area contributed by atoms with E-state index in [1.54, 1.807) is 4.57 Å². The van der Waals surface area contributed by atoms with E-state index in [1.165, 1.54) is 23.9 Å². The average molecular weight is 297 g/mol. The van der Waals surface area contributed by atoms with Crippen molar-refractivity contribution in [2.75, 3.05) is 0 Å². The molecule has 1 heterocycles. The molecule has 1 saturated carbocycles. The van der Waals surface area contributed by atoms with Gasteiger partial charge in [0, 0.05) is 18.3 Å². The molecule has 0 bridgehead atoms. The first-order valence-corrected chi connectivity index (χ1v) is 7.65. The lowest BCUT2D eigenvalue weighted by atomic mass is 9.81. The molecule has 114 valence electrons.